The third-order valence-corrected chi connectivity index (χ3v) is 4.62. The van der Waals surface area contributed by atoms with E-state index in [1.165, 1.54) is 11.8 Å². The first-order chi connectivity index (χ1) is 13.2. The van der Waals surface area contributed by atoms with Gasteiger partial charge in [0.25, 0.3) is 0 Å². The number of rotatable bonds is 8. The number of aromatic nitrogens is 3. The van der Waals surface area contributed by atoms with Gasteiger partial charge >= 0.3 is 0 Å². The van der Waals surface area contributed by atoms with E-state index in [-0.39, 0.29) is 12.3 Å². The first-order valence-electron chi connectivity index (χ1n) is 8.22. The Morgan fingerprint density at radius 2 is 2.19 bits per heavy atom. The molecule has 0 saturated carbocycles. The van der Waals surface area contributed by atoms with Crippen LogP contribution in [0.15, 0.2) is 64.9 Å². The van der Waals surface area contributed by atoms with E-state index in [1.807, 2.05) is 10.6 Å². The molecule has 3 aromatic rings. The standard InChI is InChI=1S/C19H17N5O2S/c1-2-10-24-18(16-8-5-11-26-16)22-23-19(24)27-12-9-17(25)21-15-7-4-3-6-14(15)13-20/h2-8,11H,1,9-10,12H2,(H,21,25). The Morgan fingerprint density at radius 3 is 2.93 bits per heavy atom. The van der Waals surface area contributed by atoms with Crippen LogP contribution in [0.5, 0.6) is 0 Å². The van der Waals surface area contributed by atoms with Crippen LogP contribution in [0.2, 0.25) is 0 Å². The van der Waals surface area contributed by atoms with Gasteiger partial charge in [0.15, 0.2) is 10.9 Å². The maximum absolute atomic E-state index is 12.2. The highest BCUT2D eigenvalue weighted by atomic mass is 32.2. The Morgan fingerprint density at radius 1 is 1.33 bits per heavy atom. The number of carbonyl (C=O) groups is 1. The second kappa shape index (κ2) is 8.87. The quantitative estimate of drug-likeness (QED) is 0.473. The molecule has 2 aromatic heterocycles. The number of nitrogens with one attached hydrogen (secondary N) is 1. The summed E-state index contributed by atoms with van der Waals surface area (Å²) in [6.45, 7) is 4.30. The average molecular weight is 379 g/mol. The van der Waals surface area contributed by atoms with Gasteiger partial charge in [0, 0.05) is 18.7 Å². The van der Waals surface area contributed by atoms with Crippen LogP contribution in [0.3, 0.4) is 0 Å². The fourth-order valence-electron chi connectivity index (χ4n) is 2.41. The lowest BCUT2D eigenvalue weighted by molar-refractivity contribution is -0.115. The molecule has 0 bridgehead atoms. The van der Waals surface area contributed by atoms with Crippen molar-refractivity contribution in [2.45, 2.75) is 18.1 Å². The van der Waals surface area contributed by atoms with Crippen LogP contribution < -0.4 is 5.32 Å². The van der Waals surface area contributed by atoms with Crippen molar-refractivity contribution in [2.75, 3.05) is 11.1 Å². The van der Waals surface area contributed by atoms with Crippen molar-refractivity contribution in [3.05, 3.63) is 60.9 Å². The van der Waals surface area contributed by atoms with E-state index in [0.717, 1.165) is 0 Å². The van der Waals surface area contributed by atoms with E-state index in [4.69, 9.17) is 9.68 Å². The molecule has 136 valence electrons. The highest BCUT2D eigenvalue weighted by Crippen LogP contribution is 2.25. The maximum Gasteiger partial charge on any atom is 0.225 e. The zero-order chi connectivity index (χ0) is 19.1. The summed E-state index contributed by atoms with van der Waals surface area (Å²) in [6, 6.07) is 12.6. The Balaban J connectivity index is 1.61. The summed E-state index contributed by atoms with van der Waals surface area (Å²) in [5.74, 6) is 1.61. The van der Waals surface area contributed by atoms with Gasteiger partial charge in [-0.25, -0.2) is 0 Å². The van der Waals surface area contributed by atoms with E-state index < -0.39 is 0 Å². The Kier molecular flexibility index (Phi) is 6.07. The zero-order valence-electron chi connectivity index (χ0n) is 14.5. The minimum Gasteiger partial charge on any atom is -0.461 e. The van der Waals surface area contributed by atoms with Crippen LogP contribution in [0.25, 0.3) is 11.6 Å². The number of amides is 1. The molecule has 0 spiro atoms. The number of hydrogen-bond donors (Lipinski definition) is 1. The fourth-order valence-corrected chi connectivity index (χ4v) is 3.30. The molecule has 0 fully saturated rings. The first kappa shape index (κ1) is 18.5. The molecule has 0 aliphatic carbocycles. The van der Waals surface area contributed by atoms with Gasteiger partial charge in [0.05, 0.1) is 17.5 Å². The minimum atomic E-state index is -0.161. The van der Waals surface area contributed by atoms with Crippen molar-refractivity contribution in [1.82, 2.24) is 14.8 Å². The van der Waals surface area contributed by atoms with Crippen molar-refractivity contribution in [3.63, 3.8) is 0 Å². The normalized spacial score (nSPS) is 10.3. The van der Waals surface area contributed by atoms with E-state index in [1.54, 1.807) is 42.7 Å². The molecule has 0 aliphatic rings. The summed E-state index contributed by atoms with van der Waals surface area (Å²) in [6.07, 6.45) is 3.62. The monoisotopic (exact) mass is 379 g/mol. The van der Waals surface area contributed by atoms with Gasteiger partial charge in [-0.15, -0.1) is 16.8 Å². The van der Waals surface area contributed by atoms with Gasteiger partial charge in [0.2, 0.25) is 11.7 Å². The smallest absolute Gasteiger partial charge is 0.225 e. The number of nitriles is 1. The van der Waals surface area contributed by atoms with E-state index in [2.05, 4.69) is 28.2 Å². The topological polar surface area (TPSA) is 96.7 Å². The number of para-hydroxylation sites is 1. The molecule has 27 heavy (non-hydrogen) atoms. The van der Waals surface area contributed by atoms with Gasteiger partial charge in [-0.05, 0) is 24.3 Å². The predicted octanol–water partition coefficient (Wildman–Crippen LogP) is 3.72. The average Bonchev–Trinajstić information content (AvgIpc) is 3.33. The first-order valence-corrected chi connectivity index (χ1v) is 9.21. The van der Waals surface area contributed by atoms with E-state index >= 15 is 0 Å². The molecule has 1 N–H and O–H groups in total. The van der Waals surface area contributed by atoms with Crippen LogP contribution >= 0.6 is 11.8 Å². The summed E-state index contributed by atoms with van der Waals surface area (Å²) in [4.78, 5) is 12.2. The number of thioether (sulfide) groups is 1. The molecule has 0 unspecified atom stereocenters. The second-order valence-corrected chi connectivity index (χ2v) is 6.55. The molecule has 0 saturated heterocycles. The Bertz CT molecular complexity index is 972. The van der Waals surface area contributed by atoms with Gasteiger partial charge in [-0.2, -0.15) is 5.26 Å². The van der Waals surface area contributed by atoms with E-state index in [0.29, 0.717) is 40.3 Å². The van der Waals surface area contributed by atoms with Crippen molar-refractivity contribution >= 4 is 23.4 Å². The largest absolute Gasteiger partial charge is 0.461 e. The summed E-state index contributed by atoms with van der Waals surface area (Å²) < 4.78 is 7.28. The molecule has 3 rings (SSSR count). The molecule has 1 amide bonds. The number of hydrogen-bond acceptors (Lipinski definition) is 6. The third-order valence-electron chi connectivity index (χ3n) is 3.65. The van der Waals surface area contributed by atoms with Crippen molar-refractivity contribution in [3.8, 4) is 17.7 Å². The lowest BCUT2D eigenvalue weighted by Gasteiger charge is -2.07. The lowest BCUT2D eigenvalue weighted by Crippen LogP contribution is -2.13. The van der Waals surface area contributed by atoms with Crippen LogP contribution in [0.1, 0.15) is 12.0 Å². The number of anilines is 1. The third kappa shape index (κ3) is 4.46. The molecule has 2 heterocycles. The van der Waals surface area contributed by atoms with Gasteiger partial charge in [-0.1, -0.05) is 30.0 Å². The van der Waals surface area contributed by atoms with Gasteiger partial charge < -0.3 is 9.73 Å². The number of allylic oxidation sites excluding steroid dienone is 1. The minimum absolute atomic E-state index is 0.161. The maximum atomic E-state index is 12.2. The van der Waals surface area contributed by atoms with Gasteiger partial charge in [-0.3, -0.25) is 9.36 Å². The molecule has 8 heteroatoms. The summed E-state index contributed by atoms with van der Waals surface area (Å²) >= 11 is 1.43. The summed E-state index contributed by atoms with van der Waals surface area (Å²) in [7, 11) is 0. The molecule has 7 nitrogen and oxygen atoms in total. The SMILES string of the molecule is C=CCn1c(SCCC(=O)Nc2ccccc2C#N)nnc1-c1ccco1. The Labute approximate surface area is 160 Å². The highest BCUT2D eigenvalue weighted by molar-refractivity contribution is 7.99. The van der Waals surface area contributed by atoms with Gasteiger partial charge in [0.1, 0.15) is 6.07 Å². The molecule has 1 aromatic carbocycles. The molecular weight excluding hydrogens is 362 g/mol. The molecule has 0 aliphatic heterocycles. The molecule has 0 radical (unpaired) electrons. The Hall–Kier alpha value is -3.31. The number of furan rings is 1. The number of benzene rings is 1. The number of carbonyl (C=O) groups excluding carboxylic acids is 1. The van der Waals surface area contributed by atoms with Crippen LogP contribution in [0.4, 0.5) is 5.69 Å². The second-order valence-electron chi connectivity index (χ2n) is 5.49. The van der Waals surface area contributed by atoms with Crippen LogP contribution in [-0.2, 0) is 11.3 Å². The predicted molar refractivity (Wildman–Crippen MR) is 103 cm³/mol. The van der Waals surface area contributed by atoms with E-state index in [9.17, 15) is 4.79 Å². The summed E-state index contributed by atoms with van der Waals surface area (Å²) in [5.41, 5.74) is 0.956. The van der Waals surface area contributed by atoms with Crippen molar-refractivity contribution in [1.29, 1.82) is 5.26 Å². The number of nitrogens with zero attached hydrogens (tertiary/aromatic N) is 4. The lowest BCUT2D eigenvalue weighted by atomic mass is 10.2. The van der Waals surface area contributed by atoms with Crippen LogP contribution in [-0.4, -0.2) is 26.4 Å². The van der Waals surface area contributed by atoms with Crippen molar-refractivity contribution < 1.29 is 9.21 Å². The summed E-state index contributed by atoms with van der Waals surface area (Å²) in [5, 5.41) is 20.9. The van der Waals surface area contributed by atoms with Crippen LogP contribution in [0, 0.1) is 11.3 Å². The molecular formula is C19H17N5O2S. The molecule has 0 atom stereocenters. The van der Waals surface area contributed by atoms with Crippen molar-refractivity contribution in [2.24, 2.45) is 0 Å². The highest BCUT2D eigenvalue weighted by Gasteiger charge is 2.16. The zero-order valence-corrected chi connectivity index (χ0v) is 15.3. The fraction of sp³-hybridized carbons (Fsp3) is 0.158.